The van der Waals surface area contributed by atoms with Gasteiger partial charge in [0, 0.05) is 18.6 Å². The topological polar surface area (TPSA) is 56.5 Å². The summed E-state index contributed by atoms with van der Waals surface area (Å²) in [6, 6.07) is 1.78. The molecule has 2 rings (SSSR count). The summed E-state index contributed by atoms with van der Waals surface area (Å²) < 4.78 is 1.68. The number of hydrogen-bond acceptors (Lipinski definition) is 4. The summed E-state index contributed by atoms with van der Waals surface area (Å²) in [4.78, 5) is 8.11. The van der Waals surface area contributed by atoms with Gasteiger partial charge >= 0.3 is 0 Å². The molecule has 0 aromatic carbocycles. The third-order valence-electron chi connectivity index (χ3n) is 1.39. The van der Waals surface area contributed by atoms with Crippen LogP contribution in [0.2, 0.25) is 0 Å². The van der Waals surface area contributed by atoms with Crippen LogP contribution in [0.4, 0.5) is 0 Å². The molecule has 2 aromatic rings. The maximum atomic E-state index is 4.05. The predicted molar refractivity (Wildman–Crippen MR) is 41.2 cm³/mol. The minimum absolute atomic E-state index is 0.570. The highest BCUT2D eigenvalue weighted by molar-refractivity contribution is 4.88. The second-order valence-corrected chi connectivity index (χ2v) is 2.27. The first-order valence-electron chi connectivity index (χ1n) is 3.55. The van der Waals surface area contributed by atoms with Gasteiger partial charge in [-0.25, -0.2) is 14.6 Å². The molecule has 2 heterocycles. The summed E-state index contributed by atoms with van der Waals surface area (Å²) in [5.74, 6) is 0.739. The molecule has 2 aromatic heterocycles. The molecule has 0 fully saturated rings. The highest BCUT2D eigenvalue weighted by atomic mass is 15.4. The Labute approximate surface area is 69.1 Å². The fraction of sp³-hybridized carbons (Fsp3) is 0.143. The van der Waals surface area contributed by atoms with Gasteiger partial charge in [0.15, 0.2) is 0 Å². The van der Waals surface area contributed by atoms with Crippen LogP contribution < -0.4 is 0 Å². The van der Waals surface area contributed by atoms with Crippen LogP contribution in [0.15, 0.2) is 30.9 Å². The fourth-order valence-electron chi connectivity index (χ4n) is 0.874. The molecule has 0 radical (unpaired) electrons. The molecule has 5 heteroatoms. The summed E-state index contributed by atoms with van der Waals surface area (Å²) in [6.07, 6.45) is 6.82. The number of aromatic nitrogens is 5. The molecule has 0 saturated heterocycles. The lowest BCUT2D eigenvalue weighted by Crippen LogP contribution is -2.04. The molecule has 0 amide bonds. The quantitative estimate of drug-likeness (QED) is 0.627. The van der Waals surface area contributed by atoms with Crippen molar-refractivity contribution in [1.82, 2.24) is 25.0 Å². The average Bonchev–Trinajstić information content (AvgIpc) is 2.59. The lowest BCUT2D eigenvalue weighted by Gasteiger charge is -1.96. The molecule has 0 aliphatic rings. The van der Waals surface area contributed by atoms with Gasteiger partial charge in [0.25, 0.3) is 0 Å². The molecular weight excluding hydrogens is 154 g/mol. The highest BCUT2D eigenvalue weighted by Gasteiger charge is 1.95. The fourth-order valence-corrected chi connectivity index (χ4v) is 0.874. The van der Waals surface area contributed by atoms with E-state index in [1.807, 2.05) is 0 Å². The molecule has 5 nitrogen and oxygen atoms in total. The van der Waals surface area contributed by atoms with Gasteiger partial charge in [0.05, 0.1) is 6.20 Å². The molecule has 0 N–H and O–H groups in total. The predicted octanol–water partition coefficient (Wildman–Crippen LogP) is 0.116. The van der Waals surface area contributed by atoms with Crippen LogP contribution in [-0.2, 0) is 6.54 Å². The van der Waals surface area contributed by atoms with Gasteiger partial charge in [0.2, 0.25) is 0 Å². The molecule has 0 aliphatic carbocycles. The third-order valence-corrected chi connectivity index (χ3v) is 1.39. The normalized spacial score (nSPS) is 10.0. The van der Waals surface area contributed by atoms with Crippen molar-refractivity contribution in [3.05, 3.63) is 36.7 Å². The Hall–Kier alpha value is -1.78. The molecule has 0 saturated carbocycles. The van der Waals surface area contributed by atoms with Crippen molar-refractivity contribution in [2.45, 2.75) is 6.54 Å². The van der Waals surface area contributed by atoms with Gasteiger partial charge in [-0.3, -0.25) is 0 Å². The van der Waals surface area contributed by atoms with Gasteiger partial charge in [0.1, 0.15) is 12.4 Å². The monoisotopic (exact) mass is 161 g/mol. The van der Waals surface area contributed by atoms with Crippen molar-refractivity contribution in [2.75, 3.05) is 0 Å². The van der Waals surface area contributed by atoms with Crippen LogP contribution in [0.5, 0.6) is 0 Å². The Morgan fingerprint density at radius 1 is 1.17 bits per heavy atom. The van der Waals surface area contributed by atoms with E-state index in [4.69, 9.17) is 0 Å². The lowest BCUT2D eigenvalue weighted by atomic mass is 10.5. The first-order valence-corrected chi connectivity index (χ1v) is 3.55. The largest absolute Gasteiger partial charge is 0.245 e. The molecule has 0 bridgehead atoms. The molecule has 0 atom stereocenters. The van der Waals surface area contributed by atoms with E-state index in [2.05, 4.69) is 20.3 Å². The van der Waals surface area contributed by atoms with E-state index in [1.165, 1.54) is 0 Å². The highest BCUT2D eigenvalue weighted by Crippen LogP contribution is 1.90. The smallest absolute Gasteiger partial charge is 0.149 e. The first-order chi connectivity index (χ1) is 5.95. The van der Waals surface area contributed by atoms with Crippen LogP contribution in [0.3, 0.4) is 0 Å². The number of nitrogens with zero attached hydrogens (tertiary/aromatic N) is 5. The van der Waals surface area contributed by atoms with Crippen molar-refractivity contribution in [2.24, 2.45) is 0 Å². The zero-order valence-corrected chi connectivity index (χ0v) is 6.33. The van der Waals surface area contributed by atoms with E-state index in [0.29, 0.717) is 6.54 Å². The van der Waals surface area contributed by atoms with Crippen molar-refractivity contribution in [3.63, 3.8) is 0 Å². The van der Waals surface area contributed by atoms with E-state index in [-0.39, 0.29) is 0 Å². The number of hydrogen-bond donors (Lipinski definition) is 0. The summed E-state index contributed by atoms with van der Waals surface area (Å²) in [6.45, 7) is 0.570. The van der Waals surface area contributed by atoms with Crippen LogP contribution in [0.25, 0.3) is 0 Å². The minimum Gasteiger partial charge on any atom is -0.245 e. The van der Waals surface area contributed by atoms with Gasteiger partial charge < -0.3 is 0 Å². The molecule has 0 aliphatic heterocycles. The molecule has 0 spiro atoms. The average molecular weight is 161 g/mol. The Balaban J connectivity index is 2.15. The van der Waals surface area contributed by atoms with Crippen molar-refractivity contribution >= 4 is 0 Å². The van der Waals surface area contributed by atoms with Crippen LogP contribution >= 0.6 is 0 Å². The van der Waals surface area contributed by atoms with E-state index in [0.717, 1.165) is 5.82 Å². The molecular formula is C7H7N5. The van der Waals surface area contributed by atoms with Crippen molar-refractivity contribution < 1.29 is 0 Å². The van der Waals surface area contributed by atoms with Gasteiger partial charge in [-0.05, 0) is 6.07 Å². The Morgan fingerprint density at radius 2 is 2.00 bits per heavy atom. The molecule has 0 unspecified atom stereocenters. The zero-order valence-electron chi connectivity index (χ0n) is 6.33. The number of rotatable bonds is 2. The van der Waals surface area contributed by atoms with Gasteiger partial charge in [-0.1, -0.05) is 5.21 Å². The Kier molecular flexibility index (Phi) is 1.77. The van der Waals surface area contributed by atoms with Crippen LogP contribution in [-0.4, -0.2) is 25.0 Å². The van der Waals surface area contributed by atoms with E-state index < -0.39 is 0 Å². The second-order valence-electron chi connectivity index (χ2n) is 2.27. The third kappa shape index (κ3) is 1.45. The summed E-state index contributed by atoms with van der Waals surface area (Å²) in [7, 11) is 0. The van der Waals surface area contributed by atoms with Crippen LogP contribution in [0, 0.1) is 0 Å². The summed E-state index contributed by atoms with van der Waals surface area (Å²) >= 11 is 0. The Morgan fingerprint density at radius 3 is 2.67 bits per heavy atom. The van der Waals surface area contributed by atoms with E-state index in [1.54, 1.807) is 35.5 Å². The van der Waals surface area contributed by atoms with Gasteiger partial charge in [-0.2, -0.15) is 0 Å². The maximum Gasteiger partial charge on any atom is 0.149 e. The van der Waals surface area contributed by atoms with E-state index in [9.17, 15) is 0 Å². The summed E-state index contributed by atoms with van der Waals surface area (Å²) in [5, 5.41) is 7.47. The summed E-state index contributed by atoms with van der Waals surface area (Å²) in [5.41, 5.74) is 0. The minimum atomic E-state index is 0.570. The van der Waals surface area contributed by atoms with Crippen LogP contribution in [0.1, 0.15) is 5.82 Å². The zero-order chi connectivity index (χ0) is 8.23. The van der Waals surface area contributed by atoms with Crippen molar-refractivity contribution in [3.8, 4) is 0 Å². The molecule has 12 heavy (non-hydrogen) atoms. The van der Waals surface area contributed by atoms with Gasteiger partial charge in [-0.15, -0.1) is 5.10 Å². The lowest BCUT2D eigenvalue weighted by molar-refractivity contribution is 0.624. The van der Waals surface area contributed by atoms with Crippen molar-refractivity contribution in [1.29, 1.82) is 0 Å². The Bertz CT molecular complexity index is 328. The second kappa shape index (κ2) is 3.08. The maximum absolute atomic E-state index is 4.05. The SMILES string of the molecule is c1cnc(Cn2ccnn2)nc1. The standard InChI is InChI=1S/C7H7N5/c1-2-8-7(9-3-1)6-12-5-4-10-11-12/h1-5H,6H2. The van der Waals surface area contributed by atoms with E-state index >= 15 is 0 Å². The first kappa shape index (κ1) is 6.90. The molecule has 60 valence electrons.